The Morgan fingerprint density at radius 3 is 1.52 bits per heavy atom. The molecule has 6 aromatic rings. The molecule has 2 heterocycles. The van der Waals surface area contributed by atoms with E-state index < -0.39 is 35.3 Å². The summed E-state index contributed by atoms with van der Waals surface area (Å²) in [6.07, 6.45) is -0.494. The van der Waals surface area contributed by atoms with E-state index in [-0.39, 0.29) is 6.54 Å². The number of carbonyl (C=O) groups excluding carboxylic acids is 3. The third-order valence-corrected chi connectivity index (χ3v) is 10.3. The van der Waals surface area contributed by atoms with E-state index in [9.17, 15) is 14.4 Å². The van der Waals surface area contributed by atoms with Gasteiger partial charge >= 0.3 is 12.2 Å². The first kappa shape index (κ1) is 46.5. The predicted octanol–water partition coefficient (Wildman–Crippen LogP) is 9.96. The second-order valence-electron chi connectivity index (χ2n) is 17.0. The van der Waals surface area contributed by atoms with Crippen LogP contribution in [0.1, 0.15) is 54.4 Å². The zero-order valence-electron chi connectivity index (χ0n) is 36.9. The van der Waals surface area contributed by atoms with E-state index in [1.54, 1.807) is 60.7 Å². The lowest BCUT2D eigenvalue weighted by Gasteiger charge is -2.30. The summed E-state index contributed by atoms with van der Waals surface area (Å²) >= 11 is 12.7. The fourth-order valence-electron chi connectivity index (χ4n) is 7.10. The van der Waals surface area contributed by atoms with Crippen LogP contribution in [0, 0.1) is 0 Å². The fraction of sp³-hybridized carbons (Fsp3) is 0.383. The highest BCUT2D eigenvalue weighted by molar-refractivity contribution is 6.32. The van der Waals surface area contributed by atoms with Gasteiger partial charge in [0.05, 0.1) is 54.2 Å². The summed E-state index contributed by atoms with van der Waals surface area (Å²) in [5, 5.41) is 17.2. The molecule has 0 unspecified atom stereocenters. The molecule has 334 valence electrons. The van der Waals surface area contributed by atoms with Gasteiger partial charge in [-0.3, -0.25) is 4.79 Å². The van der Waals surface area contributed by atoms with Crippen LogP contribution in [0.3, 0.4) is 0 Å². The van der Waals surface area contributed by atoms with Crippen LogP contribution >= 0.6 is 23.2 Å². The second kappa shape index (κ2) is 20.0. The number of pyridine rings is 2. The van der Waals surface area contributed by atoms with E-state index >= 15 is 0 Å². The number of fused-ring (bicyclic) bond motifs is 4. The molecule has 0 saturated carbocycles. The summed E-state index contributed by atoms with van der Waals surface area (Å²) in [6, 6.07) is 21.4. The van der Waals surface area contributed by atoms with Crippen LogP contribution in [0.15, 0.2) is 72.8 Å². The van der Waals surface area contributed by atoms with Crippen LogP contribution in [0.25, 0.3) is 43.6 Å². The molecule has 63 heavy (non-hydrogen) atoms. The van der Waals surface area contributed by atoms with Gasteiger partial charge in [-0.2, -0.15) is 0 Å². The lowest BCUT2D eigenvalue weighted by molar-refractivity contribution is -0.133. The number of nitrogens with zero attached hydrogens (tertiary/aromatic N) is 3. The van der Waals surface area contributed by atoms with E-state index in [1.165, 1.54) is 0 Å². The first-order valence-electron chi connectivity index (χ1n) is 20.8. The lowest BCUT2D eigenvalue weighted by atomic mass is 10.1. The summed E-state index contributed by atoms with van der Waals surface area (Å²) < 4.78 is 22.1. The van der Waals surface area contributed by atoms with Crippen molar-refractivity contribution in [2.24, 2.45) is 0 Å². The SMILES string of the molecule is COc1ccc2nc3cc(Cl)ccc3c(NCCCN(CCCNc3c4ccc(Cl)cc4nc4ccc(OC)cc34)C(=O)[C@H](CNC(=O)OC(C)(C)C)NC(=O)OC(C)(C)C)c2c1. The predicted molar refractivity (Wildman–Crippen MR) is 252 cm³/mol. The molecular weight excluding hydrogens is 845 g/mol. The zero-order chi connectivity index (χ0) is 45.5. The number of hydrogen-bond donors (Lipinski definition) is 4. The van der Waals surface area contributed by atoms with Gasteiger partial charge in [0.25, 0.3) is 0 Å². The molecule has 0 spiro atoms. The number of hydrogen-bond acceptors (Lipinski definition) is 11. The minimum atomic E-state index is -1.18. The molecule has 16 heteroatoms. The maximum atomic E-state index is 14.6. The van der Waals surface area contributed by atoms with Crippen LogP contribution in [0.4, 0.5) is 21.0 Å². The highest BCUT2D eigenvalue weighted by atomic mass is 35.5. The summed E-state index contributed by atoms with van der Waals surface area (Å²) in [4.78, 5) is 51.9. The van der Waals surface area contributed by atoms with Gasteiger partial charge < -0.3 is 45.1 Å². The van der Waals surface area contributed by atoms with Gasteiger partial charge in [0.15, 0.2) is 0 Å². The van der Waals surface area contributed by atoms with Crippen molar-refractivity contribution in [3.8, 4) is 11.5 Å². The molecule has 2 aromatic heterocycles. The average Bonchev–Trinajstić information content (AvgIpc) is 3.21. The van der Waals surface area contributed by atoms with E-state index in [4.69, 9.17) is 52.1 Å². The van der Waals surface area contributed by atoms with Crippen molar-refractivity contribution in [1.29, 1.82) is 0 Å². The van der Waals surface area contributed by atoms with Gasteiger partial charge in [-0.1, -0.05) is 23.2 Å². The van der Waals surface area contributed by atoms with Gasteiger partial charge in [0.1, 0.15) is 28.7 Å². The zero-order valence-corrected chi connectivity index (χ0v) is 38.4. The summed E-state index contributed by atoms with van der Waals surface area (Å²) in [5.74, 6) is 0.964. The van der Waals surface area contributed by atoms with Gasteiger partial charge in [-0.25, -0.2) is 19.6 Å². The average molecular weight is 901 g/mol. The van der Waals surface area contributed by atoms with Crippen molar-refractivity contribution in [2.45, 2.75) is 71.6 Å². The van der Waals surface area contributed by atoms with Crippen LogP contribution in [-0.4, -0.2) is 97.1 Å². The van der Waals surface area contributed by atoms with Crippen LogP contribution in [0.5, 0.6) is 11.5 Å². The number of anilines is 2. The smallest absolute Gasteiger partial charge is 0.408 e. The Balaban J connectivity index is 1.26. The molecule has 1 atom stereocenters. The number of amides is 3. The highest BCUT2D eigenvalue weighted by Gasteiger charge is 2.29. The summed E-state index contributed by atoms with van der Waals surface area (Å²) in [7, 11) is 3.23. The highest BCUT2D eigenvalue weighted by Crippen LogP contribution is 2.36. The van der Waals surface area contributed by atoms with E-state index in [0.717, 1.165) is 55.0 Å². The quantitative estimate of drug-likeness (QED) is 0.0540. The molecule has 3 amide bonds. The Morgan fingerprint density at radius 2 is 1.08 bits per heavy atom. The maximum Gasteiger partial charge on any atom is 0.408 e. The van der Waals surface area contributed by atoms with Gasteiger partial charge in [-0.15, -0.1) is 0 Å². The Bertz CT molecular complexity index is 2490. The third kappa shape index (κ3) is 12.4. The summed E-state index contributed by atoms with van der Waals surface area (Å²) in [6.45, 7) is 11.7. The van der Waals surface area contributed by atoms with E-state index in [2.05, 4.69) is 21.3 Å². The Hall–Kier alpha value is -5.99. The molecule has 0 saturated heterocycles. The molecule has 0 fully saturated rings. The number of aromatic nitrogens is 2. The van der Waals surface area contributed by atoms with Crippen molar-refractivity contribution in [3.63, 3.8) is 0 Å². The molecule has 0 aliphatic carbocycles. The van der Waals surface area contributed by atoms with Crippen LogP contribution in [-0.2, 0) is 14.3 Å². The minimum absolute atomic E-state index is 0.237. The number of ether oxygens (including phenoxy) is 4. The number of carbonyl (C=O) groups is 3. The van der Waals surface area contributed by atoms with Crippen molar-refractivity contribution in [3.05, 3.63) is 82.8 Å². The van der Waals surface area contributed by atoms with Crippen LogP contribution in [0.2, 0.25) is 10.0 Å². The number of alkyl carbamates (subject to hydrolysis) is 2. The third-order valence-electron chi connectivity index (χ3n) is 9.85. The molecule has 4 aromatic carbocycles. The molecule has 0 aliphatic heterocycles. The van der Waals surface area contributed by atoms with Crippen molar-refractivity contribution >= 4 is 96.3 Å². The topological polar surface area (TPSA) is 165 Å². The lowest BCUT2D eigenvalue weighted by Crippen LogP contribution is -2.55. The van der Waals surface area contributed by atoms with Crippen molar-refractivity contribution in [1.82, 2.24) is 25.5 Å². The number of methoxy groups -OCH3 is 2. The Labute approximate surface area is 377 Å². The molecule has 4 N–H and O–H groups in total. The Morgan fingerprint density at radius 1 is 0.619 bits per heavy atom. The Kier molecular flexibility index (Phi) is 14.8. The maximum absolute atomic E-state index is 14.6. The number of benzene rings is 4. The van der Waals surface area contributed by atoms with Crippen LogP contribution < -0.4 is 30.7 Å². The number of nitrogens with one attached hydrogen (secondary N) is 4. The number of halogens is 2. The molecule has 0 radical (unpaired) electrons. The monoisotopic (exact) mass is 899 g/mol. The molecule has 0 bridgehead atoms. The molecular formula is C47H55Cl2N7O7. The van der Waals surface area contributed by atoms with E-state index in [0.29, 0.717) is 60.6 Å². The number of rotatable bonds is 16. The second-order valence-corrected chi connectivity index (χ2v) is 17.9. The standard InChI is InChI=1S/C47H55Cl2N7O7/c1-46(2,3)62-44(58)52-27-40(55-45(59)63-47(4,5)6)43(57)56(21-9-19-50-41-32-15-11-28(48)23-38(32)53-36-17-13-30(60-7)25-34(36)41)22-10-20-51-42-33-16-12-29(49)24-39(33)54-37-18-14-31(61-8)26-35(37)42/h11-18,23-26,40H,9-10,19-22,27H2,1-8H3,(H,50,53)(H,51,54)(H,52,58)(H,55,59)/t40-/m0/s1. The van der Waals surface area contributed by atoms with Gasteiger partial charge in [0, 0.05) is 57.8 Å². The van der Waals surface area contributed by atoms with Crippen molar-refractivity contribution in [2.75, 3.05) is 57.6 Å². The first-order chi connectivity index (χ1) is 29.9. The normalized spacial score (nSPS) is 12.2. The largest absolute Gasteiger partial charge is 0.497 e. The first-order valence-corrected chi connectivity index (χ1v) is 21.5. The molecule has 6 rings (SSSR count). The molecule has 0 aliphatic rings. The fourth-order valence-corrected chi connectivity index (χ4v) is 7.43. The van der Waals surface area contributed by atoms with Gasteiger partial charge in [0.2, 0.25) is 5.91 Å². The summed E-state index contributed by atoms with van der Waals surface area (Å²) in [5.41, 5.74) is 3.10. The molecule has 14 nitrogen and oxygen atoms in total. The van der Waals surface area contributed by atoms with E-state index in [1.807, 2.05) is 72.8 Å². The van der Waals surface area contributed by atoms with Gasteiger partial charge in [-0.05, 0) is 127 Å². The van der Waals surface area contributed by atoms with Crippen molar-refractivity contribution < 1.29 is 33.3 Å². The minimum Gasteiger partial charge on any atom is -0.497 e.